The van der Waals surface area contributed by atoms with Crippen molar-refractivity contribution in [3.8, 4) is 0 Å². The molecule has 2 heterocycles. The van der Waals surface area contributed by atoms with Crippen molar-refractivity contribution in [3.63, 3.8) is 0 Å². The molecule has 1 saturated carbocycles. The molecule has 0 unspecified atom stereocenters. The van der Waals surface area contributed by atoms with Crippen LogP contribution in [0.3, 0.4) is 0 Å². The quantitative estimate of drug-likeness (QED) is 0.574. The lowest BCUT2D eigenvalue weighted by atomic mass is 10.2. The van der Waals surface area contributed by atoms with Gasteiger partial charge in [0.25, 0.3) is 0 Å². The Morgan fingerprint density at radius 3 is 2.89 bits per heavy atom. The summed E-state index contributed by atoms with van der Waals surface area (Å²) in [6.07, 6.45) is 2.43. The lowest BCUT2D eigenvalue weighted by Crippen LogP contribution is -2.22. The van der Waals surface area contributed by atoms with Crippen molar-refractivity contribution >= 4 is 39.8 Å². The molecule has 8 heteroatoms. The molecule has 6 nitrogen and oxygen atoms in total. The largest absolute Gasteiger partial charge is 0.309 e. The number of thioether (sulfide) groups is 1. The molecule has 2 aromatic heterocycles. The maximum absolute atomic E-state index is 12.2. The molecule has 140 valence electrons. The van der Waals surface area contributed by atoms with E-state index in [0.29, 0.717) is 16.8 Å². The molecule has 0 N–H and O–H groups in total. The molecule has 0 radical (unpaired) electrons. The normalized spacial score (nSPS) is 13.7. The fourth-order valence-corrected chi connectivity index (χ4v) is 4.75. The van der Waals surface area contributed by atoms with Crippen molar-refractivity contribution in [1.82, 2.24) is 19.7 Å². The fraction of sp³-hybridized carbons (Fsp3) is 0.368. The minimum absolute atomic E-state index is 0.0449. The number of carbonyl (C=O) groups excluding carboxylic acids is 1. The lowest BCUT2D eigenvalue weighted by Gasteiger charge is -2.18. The Labute approximate surface area is 166 Å². The Hall–Kier alpha value is -2.19. The number of anilines is 2. The van der Waals surface area contributed by atoms with Gasteiger partial charge in [-0.1, -0.05) is 23.9 Å². The van der Waals surface area contributed by atoms with Crippen LogP contribution in [0.4, 0.5) is 10.8 Å². The number of hydrogen-bond donors (Lipinski definition) is 0. The van der Waals surface area contributed by atoms with Gasteiger partial charge in [0.15, 0.2) is 10.3 Å². The number of aryl methyl sites for hydroxylation is 1. The Kier molecular flexibility index (Phi) is 5.01. The standard InChI is InChI=1S/C19H21N5OS2/c1-12-5-4-6-16(9-12)24(13(2)25)18-20-15(10-26-18)11-27-19-22-21-17(23(19)3)14-7-8-14/h4-6,9-10,14H,7-8,11H2,1-3H3. The van der Waals surface area contributed by atoms with Crippen LogP contribution in [0.1, 0.15) is 42.8 Å². The molecule has 0 saturated heterocycles. The highest BCUT2D eigenvalue weighted by Gasteiger charge is 2.29. The van der Waals surface area contributed by atoms with E-state index in [2.05, 4.69) is 19.7 Å². The van der Waals surface area contributed by atoms with Crippen LogP contribution < -0.4 is 4.90 Å². The van der Waals surface area contributed by atoms with Crippen LogP contribution >= 0.6 is 23.1 Å². The van der Waals surface area contributed by atoms with Crippen LogP contribution in [0.15, 0.2) is 34.8 Å². The molecule has 27 heavy (non-hydrogen) atoms. The van der Waals surface area contributed by atoms with Crippen molar-refractivity contribution in [3.05, 3.63) is 46.7 Å². The number of thiazole rings is 1. The minimum atomic E-state index is -0.0449. The zero-order chi connectivity index (χ0) is 19.0. The Morgan fingerprint density at radius 2 is 2.19 bits per heavy atom. The summed E-state index contributed by atoms with van der Waals surface area (Å²) in [6.45, 7) is 3.58. The topological polar surface area (TPSA) is 63.9 Å². The Morgan fingerprint density at radius 1 is 1.37 bits per heavy atom. The number of benzene rings is 1. The first kappa shape index (κ1) is 18.2. The van der Waals surface area contributed by atoms with E-state index < -0.39 is 0 Å². The second kappa shape index (κ2) is 7.44. The first-order chi connectivity index (χ1) is 13.0. The van der Waals surface area contributed by atoms with Gasteiger partial charge < -0.3 is 4.57 Å². The van der Waals surface area contributed by atoms with Gasteiger partial charge in [0.1, 0.15) is 5.82 Å². The smallest absolute Gasteiger partial charge is 0.230 e. The molecule has 0 spiro atoms. The van der Waals surface area contributed by atoms with Gasteiger partial charge in [0, 0.05) is 31.0 Å². The van der Waals surface area contributed by atoms with Crippen molar-refractivity contribution in [2.75, 3.05) is 4.90 Å². The number of carbonyl (C=O) groups is 1. The molecule has 1 fully saturated rings. The molecule has 1 aliphatic carbocycles. The minimum Gasteiger partial charge on any atom is -0.309 e. The van der Waals surface area contributed by atoms with Crippen LogP contribution in [0, 0.1) is 6.92 Å². The number of aromatic nitrogens is 4. The van der Waals surface area contributed by atoms with E-state index in [9.17, 15) is 4.79 Å². The van der Waals surface area contributed by atoms with Gasteiger partial charge in [-0.25, -0.2) is 4.98 Å². The summed E-state index contributed by atoms with van der Waals surface area (Å²) >= 11 is 3.11. The summed E-state index contributed by atoms with van der Waals surface area (Å²) in [6, 6.07) is 7.90. The average Bonchev–Trinajstić information content (AvgIpc) is 3.25. The predicted octanol–water partition coefficient (Wildman–Crippen LogP) is 4.43. The van der Waals surface area contributed by atoms with E-state index in [4.69, 9.17) is 0 Å². The van der Waals surface area contributed by atoms with Gasteiger partial charge in [0.05, 0.1) is 11.4 Å². The van der Waals surface area contributed by atoms with Crippen molar-refractivity contribution in [2.45, 2.75) is 43.5 Å². The third kappa shape index (κ3) is 3.91. The van der Waals surface area contributed by atoms with Crippen LogP contribution in [-0.2, 0) is 17.6 Å². The summed E-state index contributed by atoms with van der Waals surface area (Å²) < 4.78 is 2.09. The highest BCUT2D eigenvalue weighted by atomic mass is 32.2. The van der Waals surface area contributed by atoms with Gasteiger partial charge in [-0.3, -0.25) is 9.69 Å². The van der Waals surface area contributed by atoms with E-state index >= 15 is 0 Å². The lowest BCUT2D eigenvalue weighted by molar-refractivity contribution is -0.115. The van der Waals surface area contributed by atoms with E-state index in [-0.39, 0.29) is 5.91 Å². The van der Waals surface area contributed by atoms with E-state index in [1.807, 2.05) is 43.6 Å². The molecule has 3 aromatic rings. The molecular weight excluding hydrogens is 378 g/mol. The van der Waals surface area contributed by atoms with Crippen LogP contribution in [0.2, 0.25) is 0 Å². The van der Waals surface area contributed by atoms with Gasteiger partial charge in [0.2, 0.25) is 5.91 Å². The van der Waals surface area contributed by atoms with Crippen LogP contribution in [0.5, 0.6) is 0 Å². The summed E-state index contributed by atoms with van der Waals surface area (Å²) in [5, 5.41) is 12.2. The summed E-state index contributed by atoms with van der Waals surface area (Å²) in [4.78, 5) is 18.6. The zero-order valence-corrected chi connectivity index (χ0v) is 17.2. The van der Waals surface area contributed by atoms with Gasteiger partial charge in [-0.15, -0.1) is 21.5 Å². The van der Waals surface area contributed by atoms with E-state index in [0.717, 1.165) is 27.9 Å². The highest BCUT2D eigenvalue weighted by Crippen LogP contribution is 2.40. The van der Waals surface area contributed by atoms with Gasteiger partial charge in [-0.05, 0) is 37.5 Å². The Balaban J connectivity index is 1.49. The van der Waals surface area contributed by atoms with Crippen LogP contribution in [0.25, 0.3) is 0 Å². The van der Waals surface area contributed by atoms with Crippen molar-refractivity contribution in [1.29, 1.82) is 0 Å². The zero-order valence-electron chi connectivity index (χ0n) is 15.5. The SMILES string of the molecule is CC(=O)N(c1cccc(C)c1)c1nc(CSc2nnc(C3CC3)n2C)cs1. The molecule has 4 rings (SSSR count). The fourth-order valence-electron chi connectivity index (χ4n) is 2.95. The monoisotopic (exact) mass is 399 g/mol. The molecule has 0 atom stereocenters. The number of rotatable bonds is 6. The second-order valence-electron chi connectivity index (χ2n) is 6.78. The van der Waals surface area contributed by atoms with Crippen LogP contribution in [-0.4, -0.2) is 25.7 Å². The third-order valence-corrected chi connectivity index (χ3v) is 6.39. The molecule has 0 bridgehead atoms. The molecule has 0 aliphatic heterocycles. The number of hydrogen-bond acceptors (Lipinski definition) is 6. The van der Waals surface area contributed by atoms with Crippen molar-refractivity contribution in [2.24, 2.45) is 7.05 Å². The predicted molar refractivity (Wildman–Crippen MR) is 109 cm³/mol. The third-order valence-electron chi connectivity index (χ3n) is 4.47. The Bertz CT molecular complexity index is 976. The van der Waals surface area contributed by atoms with E-state index in [1.165, 1.54) is 24.2 Å². The molecule has 1 amide bonds. The average molecular weight is 400 g/mol. The maximum Gasteiger partial charge on any atom is 0.230 e. The maximum atomic E-state index is 12.2. The molecule has 1 aliphatic rings. The number of nitrogens with zero attached hydrogens (tertiary/aromatic N) is 5. The number of amides is 1. The summed E-state index contributed by atoms with van der Waals surface area (Å²) in [5.41, 5.74) is 2.90. The molecule has 1 aromatic carbocycles. The first-order valence-electron chi connectivity index (χ1n) is 8.87. The second-order valence-corrected chi connectivity index (χ2v) is 8.56. The van der Waals surface area contributed by atoms with Crippen molar-refractivity contribution < 1.29 is 4.79 Å². The first-order valence-corrected chi connectivity index (χ1v) is 10.7. The van der Waals surface area contributed by atoms with Gasteiger partial charge >= 0.3 is 0 Å². The van der Waals surface area contributed by atoms with Gasteiger partial charge in [-0.2, -0.15) is 0 Å². The van der Waals surface area contributed by atoms with E-state index in [1.54, 1.807) is 23.6 Å². The molecular formula is C19H21N5OS2. The summed E-state index contributed by atoms with van der Waals surface area (Å²) in [5.74, 6) is 2.32. The summed E-state index contributed by atoms with van der Waals surface area (Å²) in [7, 11) is 2.03. The highest BCUT2D eigenvalue weighted by molar-refractivity contribution is 7.98.